The normalized spacial score (nSPS) is 23.7. The quantitative estimate of drug-likeness (QED) is 0.863. The van der Waals surface area contributed by atoms with Crippen molar-refractivity contribution in [2.45, 2.75) is 18.1 Å². The van der Waals surface area contributed by atoms with Crippen LogP contribution in [0.15, 0.2) is 57.7 Å². The molecule has 1 aromatic heterocycles. The lowest BCUT2D eigenvalue weighted by Gasteiger charge is -2.18. The van der Waals surface area contributed by atoms with Crippen LogP contribution in [0.5, 0.6) is 0 Å². The van der Waals surface area contributed by atoms with Gasteiger partial charge < -0.3 is 4.74 Å². The third-order valence-electron chi connectivity index (χ3n) is 3.54. The second-order valence-electron chi connectivity index (χ2n) is 4.92. The highest BCUT2D eigenvalue weighted by molar-refractivity contribution is 8.04. The van der Waals surface area contributed by atoms with Crippen molar-refractivity contribution in [3.63, 3.8) is 0 Å². The van der Waals surface area contributed by atoms with Crippen molar-refractivity contribution in [3.8, 4) is 0 Å². The van der Waals surface area contributed by atoms with Gasteiger partial charge in [0.15, 0.2) is 5.69 Å². The molecule has 1 N–H and O–H groups in total. The minimum atomic E-state index is -0.141. The average molecular weight is 316 g/mol. The largest absolute Gasteiger partial charge is 0.464 e. The van der Waals surface area contributed by atoms with E-state index in [1.807, 2.05) is 30.0 Å². The standard InChI is InChI=1S/C15H12N2O2S2/c18-15-14(16-21-17-15)9-5-6-12-10(7-9)8-19-11-3-1-2-4-13(11)20-12/h1,3,5-8,12H,2,4H2,(H,17,18). The van der Waals surface area contributed by atoms with Gasteiger partial charge in [0.05, 0.1) is 11.5 Å². The fraction of sp³-hybridized carbons (Fsp3) is 0.200. The van der Waals surface area contributed by atoms with Crippen LogP contribution < -0.4 is 5.56 Å². The maximum Gasteiger partial charge on any atom is 0.285 e. The zero-order valence-electron chi connectivity index (χ0n) is 11.0. The van der Waals surface area contributed by atoms with Crippen LogP contribution in [0.2, 0.25) is 0 Å². The minimum Gasteiger partial charge on any atom is -0.464 e. The van der Waals surface area contributed by atoms with E-state index >= 15 is 0 Å². The molecule has 6 heteroatoms. The monoisotopic (exact) mass is 316 g/mol. The van der Waals surface area contributed by atoms with Gasteiger partial charge in [-0.05, 0) is 25.0 Å². The first-order valence-corrected chi connectivity index (χ1v) is 8.34. The molecular formula is C15H12N2O2S2. The molecule has 1 aromatic rings. The summed E-state index contributed by atoms with van der Waals surface area (Å²) in [4.78, 5) is 13.0. The average Bonchev–Trinajstić information content (AvgIpc) is 2.84. The van der Waals surface area contributed by atoms with E-state index in [1.165, 1.54) is 4.91 Å². The molecule has 0 bridgehead atoms. The summed E-state index contributed by atoms with van der Waals surface area (Å²) in [6, 6.07) is 0. The first-order chi connectivity index (χ1) is 10.3. The van der Waals surface area contributed by atoms with Crippen LogP contribution in [0, 0.1) is 0 Å². The molecule has 0 radical (unpaired) electrons. The number of fused-ring (bicyclic) bond motifs is 1. The number of ether oxygens (including phenoxy) is 1. The number of H-pyrrole nitrogens is 1. The van der Waals surface area contributed by atoms with Crippen LogP contribution in [0.3, 0.4) is 0 Å². The van der Waals surface area contributed by atoms with Crippen LogP contribution >= 0.6 is 23.5 Å². The minimum absolute atomic E-state index is 0.141. The molecule has 21 heavy (non-hydrogen) atoms. The van der Waals surface area contributed by atoms with Gasteiger partial charge in [-0.3, -0.25) is 9.17 Å². The van der Waals surface area contributed by atoms with Gasteiger partial charge in [-0.25, -0.2) is 0 Å². The summed E-state index contributed by atoms with van der Waals surface area (Å²) in [5, 5.41) is 0.241. The van der Waals surface area contributed by atoms with Crippen molar-refractivity contribution in [2.75, 3.05) is 0 Å². The summed E-state index contributed by atoms with van der Waals surface area (Å²) in [6.07, 6.45) is 14.1. The summed E-state index contributed by atoms with van der Waals surface area (Å²) in [5.41, 5.74) is 2.23. The summed E-state index contributed by atoms with van der Waals surface area (Å²) >= 11 is 2.90. The van der Waals surface area contributed by atoms with Gasteiger partial charge >= 0.3 is 0 Å². The molecule has 0 aromatic carbocycles. The zero-order chi connectivity index (χ0) is 14.2. The molecule has 0 spiro atoms. The fourth-order valence-electron chi connectivity index (χ4n) is 2.48. The van der Waals surface area contributed by atoms with E-state index in [1.54, 1.807) is 6.26 Å². The van der Waals surface area contributed by atoms with Gasteiger partial charge in [0.25, 0.3) is 5.56 Å². The van der Waals surface area contributed by atoms with Crippen LogP contribution in [0.25, 0.3) is 5.57 Å². The number of rotatable bonds is 1. The Kier molecular flexibility index (Phi) is 3.20. The summed E-state index contributed by atoms with van der Waals surface area (Å²) in [7, 11) is 0. The molecule has 2 aliphatic carbocycles. The van der Waals surface area contributed by atoms with Crippen molar-refractivity contribution < 1.29 is 4.74 Å². The Balaban J connectivity index is 1.69. The topological polar surface area (TPSA) is 55.0 Å². The van der Waals surface area contributed by atoms with Gasteiger partial charge in [0.2, 0.25) is 0 Å². The number of aromatic amines is 1. The molecule has 4 nitrogen and oxygen atoms in total. The van der Waals surface area contributed by atoms with Crippen molar-refractivity contribution in [1.29, 1.82) is 0 Å². The van der Waals surface area contributed by atoms with Crippen LogP contribution in [-0.2, 0) is 4.74 Å². The predicted molar refractivity (Wildman–Crippen MR) is 85.8 cm³/mol. The maximum absolute atomic E-state index is 11.7. The van der Waals surface area contributed by atoms with Crippen LogP contribution in [0.1, 0.15) is 18.5 Å². The third-order valence-corrected chi connectivity index (χ3v) is 5.46. The van der Waals surface area contributed by atoms with E-state index in [2.05, 4.69) is 20.9 Å². The molecule has 0 fully saturated rings. The number of nitrogens with zero attached hydrogens (tertiary/aromatic N) is 1. The maximum atomic E-state index is 11.7. The highest BCUT2D eigenvalue weighted by Crippen LogP contribution is 2.41. The Bertz CT molecular complexity index is 793. The Morgan fingerprint density at radius 1 is 1.38 bits per heavy atom. The Morgan fingerprint density at radius 2 is 2.33 bits per heavy atom. The molecular weight excluding hydrogens is 304 g/mol. The zero-order valence-corrected chi connectivity index (χ0v) is 12.7. The first kappa shape index (κ1) is 12.9. The van der Waals surface area contributed by atoms with E-state index in [4.69, 9.17) is 4.74 Å². The summed E-state index contributed by atoms with van der Waals surface area (Å²) < 4.78 is 12.5. The lowest BCUT2D eigenvalue weighted by atomic mass is 10.0. The Morgan fingerprint density at radius 3 is 3.19 bits per heavy atom. The molecule has 106 valence electrons. The molecule has 3 aliphatic rings. The van der Waals surface area contributed by atoms with E-state index in [0.717, 1.165) is 41.5 Å². The van der Waals surface area contributed by atoms with Gasteiger partial charge in [-0.1, -0.05) is 18.2 Å². The molecule has 4 rings (SSSR count). The second-order valence-corrected chi connectivity index (χ2v) is 6.73. The highest BCUT2D eigenvalue weighted by atomic mass is 32.2. The van der Waals surface area contributed by atoms with Gasteiger partial charge in [-0.15, -0.1) is 11.8 Å². The number of hydrogen-bond acceptors (Lipinski definition) is 5. The van der Waals surface area contributed by atoms with E-state index in [9.17, 15) is 4.79 Å². The van der Waals surface area contributed by atoms with Gasteiger partial charge in [0.1, 0.15) is 5.76 Å². The first-order valence-electron chi connectivity index (χ1n) is 6.69. The summed E-state index contributed by atoms with van der Waals surface area (Å²) in [5.74, 6) is 0.947. The Labute approximate surface area is 129 Å². The lowest BCUT2D eigenvalue weighted by Crippen LogP contribution is -2.10. The molecule has 1 unspecified atom stereocenters. The SMILES string of the molecule is O=c1[nH]snc1C1=CC2=COC3=C(CCC=C3)SC2C=C1. The van der Waals surface area contributed by atoms with E-state index in [0.29, 0.717) is 5.69 Å². The van der Waals surface area contributed by atoms with Crippen molar-refractivity contribution in [1.82, 2.24) is 8.75 Å². The van der Waals surface area contributed by atoms with Gasteiger partial charge in [0, 0.05) is 27.8 Å². The summed E-state index contributed by atoms with van der Waals surface area (Å²) in [6.45, 7) is 0. The van der Waals surface area contributed by atoms with E-state index < -0.39 is 0 Å². The van der Waals surface area contributed by atoms with Crippen molar-refractivity contribution in [3.05, 3.63) is 68.9 Å². The molecule has 2 heterocycles. The highest BCUT2D eigenvalue weighted by Gasteiger charge is 2.24. The molecule has 0 saturated heterocycles. The van der Waals surface area contributed by atoms with Gasteiger partial charge in [-0.2, -0.15) is 4.37 Å². The van der Waals surface area contributed by atoms with E-state index in [-0.39, 0.29) is 10.8 Å². The number of nitrogens with one attached hydrogen (secondary N) is 1. The molecule has 1 aliphatic heterocycles. The third kappa shape index (κ3) is 2.34. The van der Waals surface area contributed by atoms with Crippen molar-refractivity contribution >= 4 is 29.1 Å². The van der Waals surface area contributed by atoms with Crippen LogP contribution in [-0.4, -0.2) is 14.0 Å². The smallest absolute Gasteiger partial charge is 0.285 e. The molecule has 0 saturated carbocycles. The number of aromatic nitrogens is 2. The predicted octanol–water partition coefficient (Wildman–Crippen LogP) is 3.36. The van der Waals surface area contributed by atoms with Crippen molar-refractivity contribution in [2.24, 2.45) is 0 Å². The van der Waals surface area contributed by atoms with Crippen LogP contribution in [0.4, 0.5) is 0 Å². The fourth-order valence-corrected chi connectivity index (χ4v) is 4.18. The number of thioether (sulfide) groups is 1. The lowest BCUT2D eigenvalue weighted by molar-refractivity contribution is 0.360. The number of allylic oxidation sites excluding steroid dienone is 6. The second kappa shape index (κ2) is 5.20. The molecule has 0 amide bonds. The Hall–Kier alpha value is -1.79. The number of hydrogen-bond donors (Lipinski definition) is 1. The molecule has 1 atom stereocenters.